The average molecular weight is 418 g/mol. The SMILES string of the molecule is COc1cc(NC(=O)c2ccc3c(c2)nnn3Cc2ccccc2)cc(OC)c1OC. The first kappa shape index (κ1) is 20.2. The van der Waals surface area contributed by atoms with Crippen LogP contribution in [0.25, 0.3) is 11.0 Å². The summed E-state index contributed by atoms with van der Waals surface area (Å²) in [6, 6.07) is 18.7. The molecule has 0 aliphatic rings. The van der Waals surface area contributed by atoms with Crippen LogP contribution in [0.15, 0.2) is 60.7 Å². The molecular weight excluding hydrogens is 396 g/mol. The summed E-state index contributed by atoms with van der Waals surface area (Å²) in [5.41, 5.74) is 3.61. The number of nitrogens with one attached hydrogen (secondary N) is 1. The van der Waals surface area contributed by atoms with Crippen LogP contribution in [-0.2, 0) is 6.54 Å². The van der Waals surface area contributed by atoms with Gasteiger partial charge in [-0.2, -0.15) is 0 Å². The van der Waals surface area contributed by atoms with Gasteiger partial charge in [0.1, 0.15) is 5.52 Å². The molecule has 8 nitrogen and oxygen atoms in total. The van der Waals surface area contributed by atoms with Crippen LogP contribution in [0.3, 0.4) is 0 Å². The van der Waals surface area contributed by atoms with Crippen LogP contribution in [0.1, 0.15) is 15.9 Å². The highest BCUT2D eigenvalue weighted by atomic mass is 16.5. The fraction of sp³-hybridized carbons (Fsp3) is 0.174. The van der Waals surface area contributed by atoms with E-state index in [-0.39, 0.29) is 5.91 Å². The molecule has 1 amide bonds. The maximum atomic E-state index is 12.8. The highest BCUT2D eigenvalue weighted by Gasteiger charge is 2.16. The lowest BCUT2D eigenvalue weighted by atomic mass is 10.1. The summed E-state index contributed by atoms with van der Waals surface area (Å²) in [6.07, 6.45) is 0. The quantitative estimate of drug-likeness (QED) is 0.492. The predicted molar refractivity (Wildman–Crippen MR) is 117 cm³/mol. The van der Waals surface area contributed by atoms with E-state index in [0.717, 1.165) is 11.1 Å². The second-order valence-electron chi connectivity index (χ2n) is 6.80. The molecule has 8 heteroatoms. The van der Waals surface area contributed by atoms with E-state index in [2.05, 4.69) is 15.6 Å². The van der Waals surface area contributed by atoms with E-state index in [1.165, 1.54) is 21.3 Å². The van der Waals surface area contributed by atoms with Crippen molar-refractivity contribution in [1.82, 2.24) is 15.0 Å². The van der Waals surface area contributed by atoms with E-state index in [1.807, 2.05) is 41.1 Å². The molecular formula is C23H22N4O4. The van der Waals surface area contributed by atoms with Crippen LogP contribution >= 0.6 is 0 Å². The number of aromatic nitrogens is 3. The monoisotopic (exact) mass is 418 g/mol. The number of fused-ring (bicyclic) bond motifs is 1. The number of anilines is 1. The molecule has 0 aliphatic heterocycles. The lowest BCUT2D eigenvalue weighted by Crippen LogP contribution is -2.12. The van der Waals surface area contributed by atoms with Gasteiger partial charge in [0.25, 0.3) is 5.91 Å². The molecule has 3 aromatic carbocycles. The maximum absolute atomic E-state index is 12.8. The van der Waals surface area contributed by atoms with Crippen LogP contribution < -0.4 is 19.5 Å². The Labute approximate surface area is 179 Å². The van der Waals surface area contributed by atoms with E-state index in [9.17, 15) is 4.79 Å². The normalized spacial score (nSPS) is 10.7. The minimum absolute atomic E-state index is 0.284. The second-order valence-corrected chi connectivity index (χ2v) is 6.80. The number of ether oxygens (including phenoxy) is 3. The number of hydrogen-bond donors (Lipinski definition) is 1. The van der Waals surface area contributed by atoms with E-state index in [4.69, 9.17) is 14.2 Å². The summed E-state index contributed by atoms with van der Waals surface area (Å²) in [4.78, 5) is 12.8. The largest absolute Gasteiger partial charge is 0.493 e. The van der Waals surface area contributed by atoms with Crippen LogP contribution in [0.2, 0.25) is 0 Å². The van der Waals surface area contributed by atoms with Gasteiger partial charge in [-0.05, 0) is 23.8 Å². The molecule has 0 unspecified atom stereocenters. The summed E-state index contributed by atoms with van der Waals surface area (Å²) in [6.45, 7) is 0.605. The zero-order valence-electron chi connectivity index (χ0n) is 17.5. The number of hydrogen-bond acceptors (Lipinski definition) is 6. The summed E-state index contributed by atoms with van der Waals surface area (Å²) >= 11 is 0. The van der Waals surface area contributed by atoms with Crippen molar-refractivity contribution in [3.05, 3.63) is 71.8 Å². The Hall–Kier alpha value is -4.07. The van der Waals surface area contributed by atoms with Gasteiger partial charge in [0.2, 0.25) is 5.75 Å². The highest BCUT2D eigenvalue weighted by molar-refractivity contribution is 6.06. The molecule has 0 saturated carbocycles. The van der Waals surface area contributed by atoms with Gasteiger partial charge in [0, 0.05) is 23.4 Å². The maximum Gasteiger partial charge on any atom is 0.255 e. The Morgan fingerprint density at radius 1 is 0.935 bits per heavy atom. The summed E-state index contributed by atoms with van der Waals surface area (Å²) in [5.74, 6) is 1.08. The first-order chi connectivity index (χ1) is 15.1. The lowest BCUT2D eigenvalue weighted by Gasteiger charge is -2.14. The minimum atomic E-state index is -0.284. The fourth-order valence-corrected chi connectivity index (χ4v) is 3.34. The molecule has 4 rings (SSSR count). The van der Waals surface area contributed by atoms with Gasteiger partial charge in [-0.1, -0.05) is 35.5 Å². The third-order valence-electron chi connectivity index (χ3n) is 4.87. The number of benzene rings is 3. The molecule has 0 fully saturated rings. The van der Waals surface area contributed by atoms with Gasteiger partial charge in [-0.25, -0.2) is 4.68 Å². The van der Waals surface area contributed by atoms with Crippen molar-refractivity contribution >= 4 is 22.6 Å². The Kier molecular flexibility index (Phi) is 5.70. The summed E-state index contributed by atoms with van der Waals surface area (Å²) in [7, 11) is 4.57. The standard InChI is InChI=1S/C23H22N4O4/c1-29-20-12-17(13-21(30-2)22(20)31-3)24-23(28)16-9-10-19-18(11-16)25-26-27(19)14-15-7-5-4-6-8-15/h4-13H,14H2,1-3H3,(H,24,28). The summed E-state index contributed by atoms with van der Waals surface area (Å²) in [5, 5.41) is 11.3. The molecule has 1 heterocycles. The van der Waals surface area contributed by atoms with E-state index in [0.29, 0.717) is 40.6 Å². The lowest BCUT2D eigenvalue weighted by molar-refractivity contribution is 0.102. The molecule has 0 radical (unpaired) electrons. The first-order valence-electron chi connectivity index (χ1n) is 9.61. The van der Waals surface area contributed by atoms with Crippen LogP contribution in [-0.4, -0.2) is 42.2 Å². The molecule has 158 valence electrons. The van der Waals surface area contributed by atoms with Crippen LogP contribution in [0.4, 0.5) is 5.69 Å². The van der Waals surface area contributed by atoms with Crippen molar-refractivity contribution in [3.63, 3.8) is 0 Å². The summed E-state index contributed by atoms with van der Waals surface area (Å²) < 4.78 is 17.8. The van der Waals surface area contributed by atoms with Crippen molar-refractivity contribution in [2.24, 2.45) is 0 Å². The Morgan fingerprint density at radius 3 is 2.29 bits per heavy atom. The van der Waals surface area contributed by atoms with E-state index >= 15 is 0 Å². The molecule has 0 aliphatic carbocycles. The van der Waals surface area contributed by atoms with Crippen LogP contribution in [0.5, 0.6) is 17.2 Å². The molecule has 0 atom stereocenters. The van der Waals surface area contributed by atoms with E-state index < -0.39 is 0 Å². The number of nitrogens with zero attached hydrogens (tertiary/aromatic N) is 3. The molecule has 1 aromatic heterocycles. The number of carbonyl (C=O) groups is 1. The van der Waals surface area contributed by atoms with Crippen molar-refractivity contribution in [2.45, 2.75) is 6.54 Å². The first-order valence-corrected chi connectivity index (χ1v) is 9.61. The Morgan fingerprint density at radius 2 is 1.65 bits per heavy atom. The number of rotatable bonds is 7. The van der Waals surface area contributed by atoms with Crippen molar-refractivity contribution in [3.8, 4) is 17.2 Å². The minimum Gasteiger partial charge on any atom is -0.493 e. The Balaban J connectivity index is 1.57. The Bertz CT molecular complexity index is 1200. The third-order valence-corrected chi connectivity index (χ3v) is 4.87. The molecule has 0 bridgehead atoms. The van der Waals surface area contributed by atoms with Crippen LogP contribution in [0, 0.1) is 0 Å². The molecule has 0 saturated heterocycles. The van der Waals surface area contributed by atoms with Gasteiger partial charge in [-0.15, -0.1) is 5.10 Å². The number of amides is 1. The van der Waals surface area contributed by atoms with Gasteiger partial charge in [0.05, 0.1) is 33.4 Å². The van der Waals surface area contributed by atoms with Gasteiger partial charge < -0.3 is 19.5 Å². The topological polar surface area (TPSA) is 87.5 Å². The van der Waals surface area contributed by atoms with Gasteiger partial charge in [0.15, 0.2) is 11.5 Å². The van der Waals surface area contributed by atoms with E-state index in [1.54, 1.807) is 24.3 Å². The third kappa shape index (κ3) is 4.13. The second kappa shape index (κ2) is 8.74. The molecule has 31 heavy (non-hydrogen) atoms. The zero-order valence-corrected chi connectivity index (χ0v) is 17.5. The zero-order chi connectivity index (χ0) is 21.8. The predicted octanol–water partition coefficient (Wildman–Crippen LogP) is 3.76. The fourth-order valence-electron chi connectivity index (χ4n) is 3.34. The smallest absolute Gasteiger partial charge is 0.255 e. The number of carbonyl (C=O) groups excluding carboxylic acids is 1. The molecule has 4 aromatic rings. The molecule has 1 N–H and O–H groups in total. The number of methoxy groups -OCH3 is 3. The van der Waals surface area contributed by atoms with Gasteiger partial charge >= 0.3 is 0 Å². The van der Waals surface area contributed by atoms with Gasteiger partial charge in [-0.3, -0.25) is 4.79 Å². The van der Waals surface area contributed by atoms with Crippen molar-refractivity contribution in [2.75, 3.05) is 26.6 Å². The average Bonchev–Trinajstić information content (AvgIpc) is 3.20. The van der Waals surface area contributed by atoms with Crippen molar-refractivity contribution < 1.29 is 19.0 Å². The highest BCUT2D eigenvalue weighted by Crippen LogP contribution is 2.40. The molecule has 0 spiro atoms. The van der Waals surface area contributed by atoms with Crippen molar-refractivity contribution in [1.29, 1.82) is 0 Å².